The molecule has 4 aliphatic carbocycles. The second-order valence-electron chi connectivity index (χ2n) is 8.45. The quantitative estimate of drug-likeness (QED) is 0.817. The predicted molar refractivity (Wildman–Crippen MR) is 80.5 cm³/mol. The molecule has 0 spiro atoms. The monoisotopic (exact) mass is 306 g/mol. The molecule has 0 aromatic rings. The molecule has 1 saturated heterocycles. The predicted octanol–water partition coefficient (Wildman–Crippen LogP) is 1.04. The van der Waals surface area contributed by atoms with Crippen molar-refractivity contribution in [1.82, 2.24) is 4.90 Å². The number of nitrogens with zero attached hydrogens (tertiary/aromatic N) is 1. The third-order valence-corrected chi connectivity index (χ3v) is 6.62. The average molecular weight is 306 g/mol. The van der Waals surface area contributed by atoms with E-state index < -0.39 is 18.1 Å². The lowest BCUT2D eigenvalue weighted by Crippen LogP contribution is -2.50. The molecule has 0 aromatic heterocycles. The second kappa shape index (κ2) is 4.95. The molecule has 5 heteroatoms. The molecule has 0 aromatic carbocycles. The molecule has 5 rings (SSSR count). The fraction of sp³-hybridized carbons (Fsp3) is 0.882. The maximum atomic E-state index is 12.8. The number of aliphatic hydroxyl groups excluding tert-OH is 1. The van der Waals surface area contributed by atoms with Gasteiger partial charge in [0, 0.05) is 19.4 Å². The van der Waals surface area contributed by atoms with Gasteiger partial charge in [-0.3, -0.25) is 9.59 Å². The van der Waals surface area contributed by atoms with Crippen LogP contribution in [0, 0.1) is 23.2 Å². The van der Waals surface area contributed by atoms with E-state index in [0.29, 0.717) is 12.8 Å². The Labute approximate surface area is 131 Å². The van der Waals surface area contributed by atoms with E-state index in [1.165, 1.54) is 38.5 Å². The lowest BCUT2D eigenvalue weighted by molar-refractivity contribution is -0.144. The van der Waals surface area contributed by atoms with Crippen molar-refractivity contribution >= 4 is 11.8 Å². The van der Waals surface area contributed by atoms with E-state index in [0.717, 1.165) is 17.8 Å². The SMILES string of the molecule is NC(=O)[C@H]1C[C@@H](O)CN1C(=O)CC12CC3CC(CC(C3)C1)C2. The summed E-state index contributed by atoms with van der Waals surface area (Å²) in [5.41, 5.74) is 5.57. The third-order valence-electron chi connectivity index (χ3n) is 6.62. The number of nitrogens with two attached hydrogens (primary N) is 1. The van der Waals surface area contributed by atoms with Gasteiger partial charge in [-0.15, -0.1) is 0 Å². The molecule has 5 nitrogen and oxygen atoms in total. The van der Waals surface area contributed by atoms with Crippen molar-refractivity contribution in [2.24, 2.45) is 28.9 Å². The summed E-state index contributed by atoms with van der Waals surface area (Å²) in [6, 6.07) is -0.614. The van der Waals surface area contributed by atoms with Crippen molar-refractivity contribution in [3.05, 3.63) is 0 Å². The van der Waals surface area contributed by atoms with Crippen LogP contribution >= 0.6 is 0 Å². The van der Waals surface area contributed by atoms with E-state index >= 15 is 0 Å². The largest absolute Gasteiger partial charge is 0.391 e. The summed E-state index contributed by atoms with van der Waals surface area (Å²) >= 11 is 0. The van der Waals surface area contributed by atoms with Gasteiger partial charge in [0.1, 0.15) is 6.04 Å². The number of hydrogen-bond acceptors (Lipinski definition) is 3. The standard InChI is InChI=1S/C17H26N2O3/c18-16(22)14-4-13(20)9-19(14)15(21)8-17-5-10-1-11(6-17)3-12(2-10)7-17/h10-14,20H,1-9H2,(H2,18,22)/t10?,11?,12?,13-,14-,17?/m1/s1. The Morgan fingerprint density at radius 3 is 2.09 bits per heavy atom. The Morgan fingerprint density at radius 1 is 1.05 bits per heavy atom. The molecule has 5 fully saturated rings. The first kappa shape index (κ1) is 14.5. The van der Waals surface area contributed by atoms with Crippen LogP contribution < -0.4 is 5.73 Å². The first-order valence-corrected chi connectivity index (χ1v) is 8.71. The Morgan fingerprint density at radius 2 is 1.59 bits per heavy atom. The summed E-state index contributed by atoms with van der Waals surface area (Å²) in [6.45, 7) is 0.263. The number of carbonyl (C=O) groups excluding carboxylic acids is 2. The summed E-state index contributed by atoms with van der Waals surface area (Å²) in [7, 11) is 0. The zero-order valence-corrected chi connectivity index (χ0v) is 13.0. The number of rotatable bonds is 3. The van der Waals surface area contributed by atoms with Gasteiger partial charge in [0.15, 0.2) is 0 Å². The van der Waals surface area contributed by atoms with Crippen LogP contribution in [-0.4, -0.2) is 40.5 Å². The fourth-order valence-corrected chi connectivity index (χ4v) is 6.29. The van der Waals surface area contributed by atoms with Gasteiger partial charge in [0.05, 0.1) is 6.10 Å². The first-order chi connectivity index (χ1) is 10.4. The minimum atomic E-state index is -0.614. The Hall–Kier alpha value is -1.10. The van der Waals surface area contributed by atoms with Crippen LogP contribution in [0.15, 0.2) is 0 Å². The van der Waals surface area contributed by atoms with Crippen LogP contribution in [0.5, 0.6) is 0 Å². The maximum absolute atomic E-state index is 12.8. The molecule has 22 heavy (non-hydrogen) atoms. The van der Waals surface area contributed by atoms with Gasteiger partial charge in [0.2, 0.25) is 11.8 Å². The minimum Gasteiger partial charge on any atom is -0.391 e. The molecular formula is C17H26N2O3. The minimum absolute atomic E-state index is 0.0299. The lowest BCUT2D eigenvalue weighted by atomic mass is 9.49. The van der Waals surface area contributed by atoms with Gasteiger partial charge in [-0.1, -0.05) is 0 Å². The van der Waals surface area contributed by atoms with Crippen molar-refractivity contribution in [2.75, 3.05) is 6.54 Å². The van der Waals surface area contributed by atoms with Gasteiger partial charge < -0.3 is 15.7 Å². The van der Waals surface area contributed by atoms with E-state index in [-0.39, 0.29) is 17.9 Å². The summed E-state index contributed by atoms with van der Waals surface area (Å²) in [4.78, 5) is 25.9. The lowest BCUT2D eigenvalue weighted by Gasteiger charge is -2.57. The van der Waals surface area contributed by atoms with Crippen molar-refractivity contribution in [3.8, 4) is 0 Å². The van der Waals surface area contributed by atoms with Gasteiger partial charge >= 0.3 is 0 Å². The summed E-state index contributed by atoms with van der Waals surface area (Å²) in [5.74, 6) is 1.98. The molecule has 4 bridgehead atoms. The number of β-amino-alcohol motifs (C(OH)–C–C–N with tert-alkyl or cyclic N) is 1. The van der Waals surface area contributed by atoms with Crippen molar-refractivity contribution in [3.63, 3.8) is 0 Å². The van der Waals surface area contributed by atoms with E-state index in [9.17, 15) is 14.7 Å². The van der Waals surface area contributed by atoms with Crippen LogP contribution in [0.3, 0.4) is 0 Å². The average Bonchev–Trinajstić information content (AvgIpc) is 2.79. The summed E-state index contributed by atoms with van der Waals surface area (Å²) < 4.78 is 0. The highest BCUT2D eigenvalue weighted by atomic mass is 16.3. The van der Waals surface area contributed by atoms with E-state index in [4.69, 9.17) is 5.73 Å². The van der Waals surface area contributed by atoms with Gasteiger partial charge in [0.25, 0.3) is 0 Å². The third kappa shape index (κ3) is 2.34. The highest BCUT2D eigenvalue weighted by molar-refractivity contribution is 5.87. The topological polar surface area (TPSA) is 83.6 Å². The molecule has 2 amide bonds. The summed E-state index contributed by atoms with van der Waals surface area (Å²) in [6.07, 6.45) is 7.86. The highest BCUT2D eigenvalue weighted by Crippen LogP contribution is 2.61. The Bertz CT molecular complexity index is 469. The highest BCUT2D eigenvalue weighted by Gasteiger charge is 2.52. The molecule has 3 N–H and O–H groups in total. The van der Waals surface area contributed by atoms with E-state index in [2.05, 4.69) is 0 Å². The zero-order valence-electron chi connectivity index (χ0n) is 13.0. The number of carbonyl (C=O) groups is 2. The molecule has 0 unspecified atom stereocenters. The van der Waals surface area contributed by atoms with Crippen molar-refractivity contribution < 1.29 is 14.7 Å². The molecule has 4 saturated carbocycles. The molecule has 0 radical (unpaired) electrons. The number of primary amides is 1. The Balaban J connectivity index is 1.49. The summed E-state index contributed by atoms with van der Waals surface area (Å²) in [5, 5.41) is 9.80. The molecular weight excluding hydrogens is 280 g/mol. The van der Waals surface area contributed by atoms with Gasteiger partial charge in [-0.05, 0) is 61.7 Å². The van der Waals surface area contributed by atoms with Crippen molar-refractivity contribution in [2.45, 2.75) is 63.5 Å². The molecule has 122 valence electrons. The number of likely N-dealkylation sites (tertiary alicyclic amines) is 1. The number of amides is 2. The van der Waals surface area contributed by atoms with Crippen LogP contribution in [0.2, 0.25) is 0 Å². The number of hydrogen-bond donors (Lipinski definition) is 2. The van der Waals surface area contributed by atoms with E-state index in [1.807, 2.05) is 0 Å². The van der Waals surface area contributed by atoms with Crippen LogP contribution in [0.4, 0.5) is 0 Å². The van der Waals surface area contributed by atoms with Gasteiger partial charge in [-0.2, -0.15) is 0 Å². The van der Waals surface area contributed by atoms with Crippen molar-refractivity contribution in [1.29, 1.82) is 0 Å². The second-order valence-corrected chi connectivity index (χ2v) is 8.45. The molecule has 1 aliphatic heterocycles. The normalized spacial score (nSPS) is 46.2. The first-order valence-electron chi connectivity index (χ1n) is 8.71. The van der Waals surface area contributed by atoms with Gasteiger partial charge in [-0.25, -0.2) is 0 Å². The molecule has 2 atom stereocenters. The fourth-order valence-electron chi connectivity index (χ4n) is 6.29. The number of aliphatic hydroxyl groups is 1. The van der Waals surface area contributed by atoms with E-state index in [1.54, 1.807) is 4.90 Å². The zero-order chi connectivity index (χ0) is 15.5. The smallest absolute Gasteiger partial charge is 0.240 e. The molecule has 1 heterocycles. The maximum Gasteiger partial charge on any atom is 0.240 e. The van der Waals surface area contributed by atoms with Crippen LogP contribution in [0.25, 0.3) is 0 Å². The van der Waals surface area contributed by atoms with Crippen LogP contribution in [0.1, 0.15) is 51.4 Å². The molecule has 5 aliphatic rings. The van der Waals surface area contributed by atoms with Crippen LogP contribution in [-0.2, 0) is 9.59 Å². The Kier molecular flexibility index (Phi) is 3.26.